The van der Waals surface area contributed by atoms with E-state index in [1.807, 2.05) is 0 Å². The van der Waals surface area contributed by atoms with Crippen molar-refractivity contribution in [2.75, 3.05) is 12.4 Å². The Morgan fingerprint density at radius 1 is 1.32 bits per heavy atom. The zero-order chi connectivity index (χ0) is 19.7. The minimum atomic E-state index is -0.692. The Balaban J connectivity index is 1.51. The topological polar surface area (TPSA) is 50.9 Å². The lowest BCUT2D eigenvalue weighted by Gasteiger charge is -2.17. The van der Waals surface area contributed by atoms with E-state index in [-0.39, 0.29) is 11.8 Å². The fourth-order valence-corrected chi connectivity index (χ4v) is 4.33. The molecule has 1 aromatic carbocycles. The zero-order valence-electron chi connectivity index (χ0n) is 15.8. The maximum Gasteiger partial charge on any atom is 0.182 e. The summed E-state index contributed by atoms with van der Waals surface area (Å²) in [6, 6.07) is 5.48. The smallest absolute Gasteiger partial charge is 0.182 e. The molecule has 4 rings (SSSR count). The lowest BCUT2D eigenvalue weighted by atomic mass is 10.1. The molecule has 5 nitrogen and oxygen atoms in total. The first-order valence-electron chi connectivity index (χ1n) is 9.29. The van der Waals surface area contributed by atoms with Gasteiger partial charge in [-0.2, -0.15) is 5.10 Å². The van der Waals surface area contributed by atoms with Crippen molar-refractivity contribution in [1.82, 2.24) is 9.99 Å². The van der Waals surface area contributed by atoms with Crippen molar-refractivity contribution in [3.8, 4) is 0 Å². The van der Waals surface area contributed by atoms with Crippen LogP contribution in [-0.2, 0) is 11.3 Å². The number of thioether (sulfide) groups is 1. The van der Waals surface area contributed by atoms with Crippen molar-refractivity contribution >= 4 is 28.3 Å². The molecule has 1 saturated heterocycles. The van der Waals surface area contributed by atoms with E-state index in [9.17, 15) is 8.78 Å². The van der Waals surface area contributed by atoms with Gasteiger partial charge in [0.05, 0.1) is 11.8 Å². The van der Waals surface area contributed by atoms with E-state index < -0.39 is 11.6 Å². The minimum Gasteiger partial charge on any atom is -0.376 e. The van der Waals surface area contributed by atoms with Crippen LogP contribution in [0.4, 0.5) is 14.5 Å². The van der Waals surface area contributed by atoms with Crippen LogP contribution in [0.2, 0.25) is 0 Å². The Hall–Kier alpha value is -2.19. The van der Waals surface area contributed by atoms with Crippen LogP contribution in [0.3, 0.4) is 0 Å². The largest absolute Gasteiger partial charge is 0.376 e. The first-order chi connectivity index (χ1) is 13.5. The van der Waals surface area contributed by atoms with Crippen molar-refractivity contribution in [3.63, 3.8) is 0 Å². The van der Waals surface area contributed by atoms with E-state index in [1.165, 1.54) is 35.3 Å². The number of hydrogen-bond acceptors (Lipinski definition) is 4. The number of benzene rings is 1. The first-order valence-corrected chi connectivity index (χ1v) is 10.3. The number of ether oxygens (including phenoxy) is 1. The number of nitrogens with zero attached hydrogens (tertiary/aromatic N) is 3. The molecule has 2 aliphatic rings. The van der Waals surface area contributed by atoms with E-state index in [0.29, 0.717) is 10.9 Å². The molecule has 8 heteroatoms. The molecular formula is C20H22F2N4OS. The molecular weight excluding hydrogens is 382 g/mol. The monoisotopic (exact) mass is 404 g/mol. The number of aliphatic imine (C=N–C) groups is 1. The second-order valence-electron chi connectivity index (χ2n) is 7.00. The molecule has 0 saturated carbocycles. The predicted molar refractivity (Wildman–Crippen MR) is 108 cm³/mol. The summed E-state index contributed by atoms with van der Waals surface area (Å²) in [5, 5.41) is 4.93. The van der Waals surface area contributed by atoms with Gasteiger partial charge in [-0.25, -0.2) is 13.8 Å². The summed E-state index contributed by atoms with van der Waals surface area (Å²) in [5.41, 5.74) is 7.36. The van der Waals surface area contributed by atoms with E-state index in [4.69, 9.17) is 4.74 Å². The molecule has 1 aromatic heterocycles. The van der Waals surface area contributed by atoms with Gasteiger partial charge in [0.1, 0.15) is 11.5 Å². The highest BCUT2D eigenvalue weighted by atomic mass is 32.2. The van der Waals surface area contributed by atoms with Crippen LogP contribution >= 0.6 is 11.8 Å². The molecule has 1 atom stereocenters. The quantitative estimate of drug-likeness (QED) is 0.827. The molecule has 2 aliphatic heterocycles. The van der Waals surface area contributed by atoms with Gasteiger partial charge in [0.15, 0.2) is 11.0 Å². The predicted octanol–water partition coefficient (Wildman–Crippen LogP) is 4.29. The third kappa shape index (κ3) is 3.98. The maximum absolute atomic E-state index is 13.8. The highest BCUT2D eigenvalue weighted by Crippen LogP contribution is 2.25. The molecule has 0 unspecified atom stereocenters. The standard InChI is InChI=1S/C20H22F2N4OS/c1-12-8-16(13(2)26(12)10-15-4-3-7-27-15)19-11-28-20(25-24-19)23-18-6-5-14(21)9-17(18)22/h5-6,8-9,15H,3-4,7,10-11H2,1-2H3,(H,23,25)/t15-/m1/s1. The molecule has 0 bridgehead atoms. The van der Waals surface area contributed by atoms with E-state index in [0.717, 1.165) is 43.3 Å². The Labute approximate surface area is 166 Å². The average Bonchev–Trinajstić information content (AvgIpc) is 3.29. The van der Waals surface area contributed by atoms with Gasteiger partial charge in [-0.15, -0.1) is 0 Å². The van der Waals surface area contributed by atoms with Crippen LogP contribution in [0.1, 0.15) is 29.8 Å². The number of nitrogens with one attached hydrogen (secondary N) is 1. The Bertz CT molecular complexity index is 948. The summed E-state index contributed by atoms with van der Waals surface area (Å²) >= 11 is 1.44. The highest BCUT2D eigenvalue weighted by molar-refractivity contribution is 8.14. The number of aromatic nitrogens is 1. The molecule has 0 spiro atoms. The normalized spacial score (nSPS) is 21.1. The van der Waals surface area contributed by atoms with Gasteiger partial charge >= 0.3 is 0 Å². The van der Waals surface area contributed by atoms with Crippen LogP contribution in [-0.4, -0.2) is 33.9 Å². The van der Waals surface area contributed by atoms with Gasteiger partial charge in [-0.3, -0.25) is 5.43 Å². The fraction of sp³-hybridized carbons (Fsp3) is 0.400. The molecule has 0 aliphatic carbocycles. The van der Waals surface area contributed by atoms with E-state index >= 15 is 0 Å². The molecule has 148 valence electrons. The highest BCUT2D eigenvalue weighted by Gasteiger charge is 2.22. The lowest BCUT2D eigenvalue weighted by Crippen LogP contribution is -2.25. The summed E-state index contributed by atoms with van der Waals surface area (Å²) in [4.78, 5) is 4.20. The second kappa shape index (κ2) is 8.05. The van der Waals surface area contributed by atoms with Crippen LogP contribution in [0.5, 0.6) is 0 Å². The van der Waals surface area contributed by atoms with Crippen molar-refractivity contribution in [3.05, 3.63) is 52.9 Å². The molecule has 1 fully saturated rings. The van der Waals surface area contributed by atoms with Crippen molar-refractivity contribution in [1.29, 1.82) is 0 Å². The third-order valence-corrected chi connectivity index (χ3v) is 5.93. The molecule has 0 amide bonds. The second-order valence-corrected chi connectivity index (χ2v) is 7.97. The van der Waals surface area contributed by atoms with E-state index in [1.54, 1.807) is 0 Å². The van der Waals surface area contributed by atoms with Crippen LogP contribution in [0.25, 0.3) is 0 Å². The summed E-state index contributed by atoms with van der Waals surface area (Å²) in [5.74, 6) is -0.689. The van der Waals surface area contributed by atoms with E-state index in [2.05, 4.69) is 40.0 Å². The SMILES string of the molecule is Cc1cc(C2=NNC(=Nc3ccc(F)cc3F)SC2)c(C)n1C[C@H]1CCCO1. The number of aryl methyl sites for hydroxylation is 1. The third-order valence-electron chi connectivity index (χ3n) is 5.06. The molecule has 1 N–H and O–H groups in total. The minimum absolute atomic E-state index is 0.0878. The fourth-order valence-electron chi connectivity index (χ4n) is 3.56. The zero-order valence-corrected chi connectivity index (χ0v) is 16.7. The van der Waals surface area contributed by atoms with Gasteiger partial charge in [0.2, 0.25) is 0 Å². The van der Waals surface area contributed by atoms with Gasteiger partial charge in [0, 0.05) is 41.9 Å². The maximum atomic E-state index is 13.8. The number of halogens is 2. The Morgan fingerprint density at radius 2 is 2.18 bits per heavy atom. The number of hydrazone groups is 1. The summed E-state index contributed by atoms with van der Waals surface area (Å²) in [6.45, 7) is 5.91. The summed E-state index contributed by atoms with van der Waals surface area (Å²) in [7, 11) is 0. The molecule has 2 aromatic rings. The van der Waals surface area contributed by atoms with Crippen molar-refractivity contribution in [2.24, 2.45) is 10.1 Å². The van der Waals surface area contributed by atoms with Crippen LogP contribution in [0.15, 0.2) is 34.4 Å². The average molecular weight is 404 g/mol. The lowest BCUT2D eigenvalue weighted by molar-refractivity contribution is 0.0962. The Morgan fingerprint density at radius 3 is 2.86 bits per heavy atom. The summed E-state index contributed by atoms with van der Waals surface area (Å²) in [6.07, 6.45) is 2.51. The van der Waals surface area contributed by atoms with Crippen LogP contribution in [0, 0.1) is 25.5 Å². The number of amidine groups is 1. The van der Waals surface area contributed by atoms with Gasteiger partial charge in [0.25, 0.3) is 0 Å². The summed E-state index contributed by atoms with van der Waals surface area (Å²) < 4.78 is 34.9. The van der Waals surface area contributed by atoms with Gasteiger partial charge in [-0.05, 0) is 44.9 Å². The molecule has 28 heavy (non-hydrogen) atoms. The van der Waals surface area contributed by atoms with Gasteiger partial charge < -0.3 is 9.30 Å². The first kappa shape index (κ1) is 19.1. The number of hydrogen-bond donors (Lipinski definition) is 1. The van der Waals surface area contributed by atoms with Crippen molar-refractivity contribution in [2.45, 2.75) is 39.3 Å². The van der Waals surface area contributed by atoms with Crippen LogP contribution < -0.4 is 5.43 Å². The van der Waals surface area contributed by atoms with Crippen molar-refractivity contribution < 1.29 is 13.5 Å². The molecule has 3 heterocycles. The number of rotatable bonds is 4. The van der Waals surface area contributed by atoms with Gasteiger partial charge in [-0.1, -0.05) is 11.8 Å². The molecule has 0 radical (unpaired) electrons. The Kier molecular flexibility index (Phi) is 5.50.